The lowest BCUT2D eigenvalue weighted by molar-refractivity contribution is -0.138. The molecule has 1 aromatic heterocycles. The van der Waals surface area contributed by atoms with Crippen LogP contribution in [0.2, 0.25) is 0 Å². The highest BCUT2D eigenvalue weighted by Gasteiger charge is 2.38. The molecule has 0 bridgehead atoms. The van der Waals surface area contributed by atoms with Gasteiger partial charge in [-0.25, -0.2) is 24.0 Å². The molecule has 1 aromatic rings. The molecule has 0 unspecified atom stereocenters. The second-order valence-corrected chi connectivity index (χ2v) is 19.4. The first-order valence-corrected chi connectivity index (χ1v) is 20.7. The number of hydrogen-bond acceptors (Lipinski definition) is 10. The van der Waals surface area contributed by atoms with Crippen LogP contribution in [0, 0.1) is 5.92 Å². The van der Waals surface area contributed by atoms with Crippen molar-refractivity contribution in [1.29, 1.82) is 0 Å². The number of carbonyl (C=O) groups excluding carboxylic acids is 5. The van der Waals surface area contributed by atoms with Crippen LogP contribution in [0.5, 0.6) is 0 Å². The number of rotatable bonds is 8. The van der Waals surface area contributed by atoms with E-state index in [2.05, 4.69) is 20.9 Å². The van der Waals surface area contributed by atoms with Crippen molar-refractivity contribution >= 4 is 36.0 Å². The van der Waals surface area contributed by atoms with Gasteiger partial charge < -0.3 is 39.5 Å². The van der Waals surface area contributed by atoms with Crippen LogP contribution in [0.1, 0.15) is 134 Å². The summed E-state index contributed by atoms with van der Waals surface area (Å²) in [5.74, 6) is 0.0865. The third-order valence-electron chi connectivity index (χ3n) is 10.4. The minimum absolute atomic E-state index is 0.00883. The number of nitrogens with one attached hydrogen (secondary N) is 3. The van der Waals surface area contributed by atoms with E-state index < -0.39 is 46.2 Å². The molecule has 0 radical (unpaired) electrons. The summed E-state index contributed by atoms with van der Waals surface area (Å²) >= 11 is 0. The fourth-order valence-corrected chi connectivity index (χ4v) is 7.65. The molecule has 17 nitrogen and oxygen atoms in total. The monoisotopic (exact) mass is 817 g/mol. The molecule has 17 heteroatoms. The molecule has 0 spiro atoms. The van der Waals surface area contributed by atoms with Crippen molar-refractivity contribution in [3.63, 3.8) is 0 Å². The van der Waals surface area contributed by atoms with Gasteiger partial charge in [-0.2, -0.15) is 4.98 Å². The van der Waals surface area contributed by atoms with Crippen LogP contribution in [0.25, 0.3) is 0 Å². The van der Waals surface area contributed by atoms with Crippen LogP contribution in [0.4, 0.5) is 25.0 Å². The van der Waals surface area contributed by atoms with Gasteiger partial charge in [-0.15, -0.1) is 0 Å². The summed E-state index contributed by atoms with van der Waals surface area (Å²) in [7, 11) is 0. The lowest BCUT2D eigenvalue weighted by Crippen LogP contribution is -2.60. The highest BCUT2D eigenvalue weighted by Crippen LogP contribution is 2.34. The molecule has 3 N–H and O–H groups in total. The van der Waals surface area contributed by atoms with Crippen molar-refractivity contribution in [2.24, 2.45) is 5.92 Å². The number of carbonyl (C=O) groups is 5. The zero-order chi connectivity index (χ0) is 43.2. The average molecular weight is 817 g/mol. The Morgan fingerprint density at radius 1 is 0.724 bits per heavy atom. The Balaban J connectivity index is 1.27. The Bertz CT molecular complexity index is 1670. The second-order valence-electron chi connectivity index (χ2n) is 19.4. The fraction of sp³-hybridized carbons (Fsp3) is 0.780. The molecule has 0 aromatic carbocycles. The highest BCUT2D eigenvalue weighted by molar-refractivity contribution is 5.90. The number of anilines is 1. The van der Waals surface area contributed by atoms with E-state index >= 15 is 0 Å². The van der Waals surface area contributed by atoms with Gasteiger partial charge in [0.2, 0.25) is 5.91 Å². The highest BCUT2D eigenvalue weighted by atomic mass is 16.6. The number of piperazine rings is 1. The van der Waals surface area contributed by atoms with Crippen molar-refractivity contribution in [2.45, 2.75) is 168 Å². The average Bonchev–Trinajstić information content (AvgIpc) is 3.08. The Morgan fingerprint density at radius 2 is 1.26 bits per heavy atom. The number of nitrogens with zero attached hydrogens (tertiary/aromatic N) is 5. The van der Waals surface area contributed by atoms with E-state index in [4.69, 9.17) is 14.2 Å². The van der Waals surface area contributed by atoms with Crippen molar-refractivity contribution in [1.82, 2.24) is 34.9 Å². The van der Waals surface area contributed by atoms with E-state index in [-0.39, 0.29) is 68.0 Å². The number of ether oxygens (including phenoxy) is 3. The van der Waals surface area contributed by atoms with Gasteiger partial charge in [0.25, 0.3) is 0 Å². The molecule has 3 aliphatic rings. The zero-order valence-electron chi connectivity index (χ0n) is 36.6. The first kappa shape index (κ1) is 46.1. The van der Waals surface area contributed by atoms with Crippen molar-refractivity contribution in [3.8, 4) is 0 Å². The first-order valence-electron chi connectivity index (χ1n) is 20.7. The van der Waals surface area contributed by atoms with Gasteiger partial charge in [-0.05, 0) is 140 Å². The molecular formula is C41H68N8O9. The van der Waals surface area contributed by atoms with E-state index in [1.807, 2.05) is 46.4 Å². The van der Waals surface area contributed by atoms with E-state index in [1.54, 1.807) is 61.2 Å². The molecular weight excluding hydrogens is 748 g/mol. The first-order chi connectivity index (χ1) is 26.8. The Morgan fingerprint density at radius 3 is 1.79 bits per heavy atom. The van der Waals surface area contributed by atoms with Crippen LogP contribution in [0.15, 0.2) is 17.1 Å². The third-order valence-corrected chi connectivity index (χ3v) is 10.4. The van der Waals surface area contributed by atoms with Gasteiger partial charge >= 0.3 is 30.0 Å². The molecule has 1 aliphatic heterocycles. The molecule has 1 saturated heterocycles. The Hall–Kier alpha value is -4.57. The van der Waals surface area contributed by atoms with Crippen molar-refractivity contribution in [3.05, 3.63) is 22.7 Å². The smallest absolute Gasteiger partial charge is 0.410 e. The van der Waals surface area contributed by atoms with Crippen LogP contribution >= 0.6 is 0 Å². The van der Waals surface area contributed by atoms with Crippen LogP contribution in [0.3, 0.4) is 0 Å². The van der Waals surface area contributed by atoms with Crippen molar-refractivity contribution < 1.29 is 38.2 Å². The summed E-state index contributed by atoms with van der Waals surface area (Å²) in [5, 5.41) is 8.33. The molecule has 3 fully saturated rings. The largest absolute Gasteiger partial charge is 0.444 e. The van der Waals surface area contributed by atoms with E-state index in [9.17, 15) is 28.8 Å². The van der Waals surface area contributed by atoms with Crippen molar-refractivity contribution in [2.75, 3.05) is 38.0 Å². The fourth-order valence-electron chi connectivity index (χ4n) is 7.65. The number of urea groups is 1. The van der Waals surface area contributed by atoms with Gasteiger partial charge in [-0.3, -0.25) is 14.7 Å². The lowest BCUT2D eigenvalue weighted by Gasteiger charge is -2.40. The summed E-state index contributed by atoms with van der Waals surface area (Å²) in [5.41, 5.74) is -3.58. The van der Waals surface area contributed by atoms with Gasteiger partial charge in [-0.1, -0.05) is 0 Å². The summed E-state index contributed by atoms with van der Waals surface area (Å²) in [6, 6.07) is 1.10. The minimum atomic E-state index is -1.20. The zero-order valence-corrected chi connectivity index (χ0v) is 36.6. The normalized spacial score (nSPS) is 22.0. The molecule has 2 saturated carbocycles. The van der Waals surface area contributed by atoms with Gasteiger partial charge in [0.1, 0.15) is 28.2 Å². The number of alkyl carbamates (subject to hydrolysis) is 2. The van der Waals surface area contributed by atoms with E-state index in [0.29, 0.717) is 6.54 Å². The lowest BCUT2D eigenvalue weighted by atomic mass is 9.84. The number of hydrogen-bond donors (Lipinski definition) is 3. The SMILES string of the molecule is CC(C)(C)OC(=O)NC(C)(C)C(=O)N1CCN(C(=O)Nc2ccn(C3CCC(CN(C(=O)OC(C)(C)C)[C@H]4CC[C@H](NC(=O)OC(C)(C)C)CC4)CC3)c(=O)n2)CC1. The Labute approximate surface area is 343 Å². The van der Waals surface area contributed by atoms with E-state index in [1.165, 1.54) is 0 Å². The standard InChI is InChI=1S/C41H68N8O9/c1-38(2,3)56-35(53)42-28-14-18-30(19-15-28)49(37(55)58-40(7,8)9)26-27-12-16-29(17-13-27)48-21-20-31(44-34(48)52)43-33(51)47-24-22-46(23-25-47)32(50)41(10,11)45-36(54)57-39(4,5)6/h20-21,27-30H,12-19,22-26H2,1-11H3,(H,42,53)(H,45,54)(H,43,44,51,52)/t27?,28-,29?,30-. The number of aromatic nitrogens is 2. The summed E-state index contributed by atoms with van der Waals surface area (Å²) in [6.45, 7) is 21.2. The molecule has 2 heterocycles. The summed E-state index contributed by atoms with van der Waals surface area (Å²) < 4.78 is 18.2. The van der Waals surface area contributed by atoms with E-state index in [0.717, 1.165) is 51.4 Å². The van der Waals surface area contributed by atoms with Crippen LogP contribution in [-0.4, -0.2) is 122 Å². The molecule has 58 heavy (non-hydrogen) atoms. The maximum absolute atomic E-state index is 13.5. The van der Waals surface area contributed by atoms with Crippen LogP contribution < -0.4 is 21.6 Å². The minimum Gasteiger partial charge on any atom is -0.444 e. The second kappa shape index (κ2) is 18.6. The van der Waals surface area contributed by atoms with Crippen LogP contribution in [-0.2, 0) is 19.0 Å². The summed E-state index contributed by atoms with van der Waals surface area (Å²) in [6.07, 6.45) is 6.26. The summed E-state index contributed by atoms with van der Waals surface area (Å²) in [4.78, 5) is 86.9. The third kappa shape index (κ3) is 14.1. The maximum atomic E-state index is 13.5. The topological polar surface area (TPSA) is 194 Å². The molecule has 6 amide bonds. The predicted molar refractivity (Wildman–Crippen MR) is 218 cm³/mol. The molecule has 0 atom stereocenters. The maximum Gasteiger partial charge on any atom is 0.410 e. The molecule has 326 valence electrons. The predicted octanol–water partition coefficient (Wildman–Crippen LogP) is 6.03. The number of amides is 6. The Kier molecular flexibility index (Phi) is 14.8. The quantitative estimate of drug-likeness (QED) is 0.261. The molecule has 4 rings (SSSR count). The van der Waals surface area contributed by atoms with Gasteiger partial charge in [0.15, 0.2) is 0 Å². The van der Waals surface area contributed by atoms with Gasteiger partial charge in [0.05, 0.1) is 0 Å². The van der Waals surface area contributed by atoms with Gasteiger partial charge in [0, 0.05) is 57.0 Å². The molecule has 2 aliphatic carbocycles.